The molecule has 0 bridgehead atoms. The van der Waals surface area contributed by atoms with Gasteiger partial charge in [0.2, 0.25) is 0 Å². The van der Waals surface area contributed by atoms with Gasteiger partial charge >= 0.3 is 29.6 Å². The van der Waals surface area contributed by atoms with Crippen molar-refractivity contribution in [3.63, 3.8) is 0 Å². The molecule has 0 aromatic heterocycles. The van der Waals surface area contributed by atoms with Crippen molar-refractivity contribution in [2.45, 2.75) is 18.7 Å². The third kappa shape index (κ3) is 6.72. The Morgan fingerprint density at radius 1 is 1.03 bits per heavy atom. The maximum atomic E-state index is 13.4. The zero-order valence-electron chi connectivity index (χ0n) is 21.0. The number of ether oxygens (including phenoxy) is 1. The van der Waals surface area contributed by atoms with E-state index in [4.69, 9.17) is 27.9 Å². The summed E-state index contributed by atoms with van der Waals surface area (Å²) in [6.45, 7) is 3.62. The van der Waals surface area contributed by atoms with E-state index in [0.717, 1.165) is 6.07 Å². The van der Waals surface area contributed by atoms with E-state index in [1.807, 2.05) is 6.92 Å². The Labute approximate surface area is 256 Å². The average molecular weight is 596 g/mol. The van der Waals surface area contributed by atoms with Crippen LogP contribution in [0.3, 0.4) is 0 Å². The van der Waals surface area contributed by atoms with Gasteiger partial charge in [0, 0.05) is 17.0 Å². The van der Waals surface area contributed by atoms with Gasteiger partial charge in [-0.05, 0) is 55.1 Å². The third-order valence-electron chi connectivity index (χ3n) is 5.58. The summed E-state index contributed by atoms with van der Waals surface area (Å²) < 4.78 is 38.3. The van der Waals surface area contributed by atoms with Gasteiger partial charge in [0.05, 0.1) is 32.9 Å². The molecule has 0 spiro atoms. The van der Waals surface area contributed by atoms with Gasteiger partial charge in [0.25, 0.3) is 16.0 Å². The molecule has 0 fully saturated rings. The van der Waals surface area contributed by atoms with Crippen LogP contribution in [0.1, 0.15) is 22.8 Å². The molecule has 0 heterocycles. The molecule has 13 heteroatoms. The molecular formula is C26H20Cl2N3NaO6S. The van der Waals surface area contributed by atoms with Crippen LogP contribution in [0, 0.1) is 6.92 Å². The normalized spacial score (nSPS) is 11.4. The van der Waals surface area contributed by atoms with Crippen molar-refractivity contribution in [2.24, 2.45) is 10.2 Å². The van der Waals surface area contributed by atoms with Gasteiger partial charge in [-0.25, -0.2) is 0 Å². The van der Waals surface area contributed by atoms with Crippen LogP contribution in [0.25, 0.3) is 10.8 Å². The van der Waals surface area contributed by atoms with E-state index in [1.54, 1.807) is 42.5 Å². The Balaban J connectivity index is 0.00000420. The minimum absolute atomic E-state index is 0. The first-order chi connectivity index (χ1) is 18.0. The number of halogens is 2. The zero-order valence-corrected chi connectivity index (χ0v) is 25.4. The first-order valence-corrected chi connectivity index (χ1v) is 13.4. The minimum atomic E-state index is -4.55. The van der Waals surface area contributed by atoms with Gasteiger partial charge in [-0.15, -0.1) is 5.11 Å². The summed E-state index contributed by atoms with van der Waals surface area (Å²) in [5.41, 5.74) is -0.138. The number of anilines is 1. The standard InChI is InChI=1S/C26H21Cl2N3O6S.Na/c1-3-37-16-8-9-19(27)21(13-16)29-26(33)18-12-15-6-4-5-7-17(15)24(25(18)32)31-30-23-14(2)22(38(34,35)36)11-10-20(23)28;/h4-13,32H,3H2,1-2H3,(H,29,33)(H,34,35,36);/q;+1/p-1. The van der Waals surface area contributed by atoms with E-state index < -0.39 is 26.7 Å². The predicted molar refractivity (Wildman–Crippen MR) is 144 cm³/mol. The van der Waals surface area contributed by atoms with Crippen molar-refractivity contribution in [2.75, 3.05) is 11.9 Å². The Morgan fingerprint density at radius 3 is 2.38 bits per heavy atom. The molecule has 0 aliphatic rings. The number of hydrogen-bond donors (Lipinski definition) is 2. The Hall–Kier alpha value is -2.70. The largest absolute Gasteiger partial charge is 1.00 e. The number of rotatable bonds is 7. The van der Waals surface area contributed by atoms with Crippen molar-refractivity contribution in [1.29, 1.82) is 0 Å². The molecular weight excluding hydrogens is 576 g/mol. The molecule has 0 atom stereocenters. The van der Waals surface area contributed by atoms with Crippen molar-refractivity contribution >= 4 is 67.1 Å². The third-order valence-corrected chi connectivity index (χ3v) is 7.21. The number of benzene rings is 4. The summed E-state index contributed by atoms with van der Waals surface area (Å²) >= 11 is 12.4. The minimum Gasteiger partial charge on any atom is -0.870 e. The number of nitrogens with zero attached hydrogens (tertiary/aromatic N) is 2. The molecule has 4 aromatic rings. The first kappa shape index (κ1) is 30.8. The quantitative estimate of drug-likeness (QED) is 0.189. The number of fused-ring (bicyclic) bond motifs is 1. The molecule has 39 heavy (non-hydrogen) atoms. The Bertz CT molecular complexity index is 1710. The number of amides is 1. The molecule has 0 unspecified atom stereocenters. The van der Waals surface area contributed by atoms with E-state index in [9.17, 15) is 22.9 Å². The maximum absolute atomic E-state index is 13.4. The molecule has 0 saturated heterocycles. The van der Waals surface area contributed by atoms with E-state index in [2.05, 4.69) is 15.5 Å². The summed E-state index contributed by atoms with van der Waals surface area (Å²) in [6.07, 6.45) is 0. The van der Waals surface area contributed by atoms with E-state index in [-0.39, 0.29) is 67.8 Å². The van der Waals surface area contributed by atoms with Crippen LogP contribution >= 0.6 is 23.2 Å². The molecule has 1 amide bonds. The van der Waals surface area contributed by atoms with Gasteiger partial charge < -0.3 is 15.2 Å². The molecule has 4 rings (SSSR count). The topological polar surface area (TPSA) is 140 Å². The number of nitrogens with one attached hydrogen (secondary N) is 1. The second kappa shape index (κ2) is 12.6. The van der Waals surface area contributed by atoms with Crippen LogP contribution in [-0.4, -0.2) is 25.5 Å². The molecule has 0 aliphatic heterocycles. The number of azo groups is 1. The Kier molecular flexibility index (Phi) is 10.0. The first-order valence-electron chi connectivity index (χ1n) is 11.2. The smallest absolute Gasteiger partial charge is 0.870 e. The SMILES string of the molecule is CCOc1ccc(Cl)c(NC(=O)c2cc3ccccc3c(N=Nc3c(Cl)ccc(S(=O)(=O)O)c3C)c2[O-])c1.[Na+]. The maximum Gasteiger partial charge on any atom is 1.00 e. The summed E-state index contributed by atoms with van der Waals surface area (Å²) in [5, 5.41) is 25.4. The van der Waals surface area contributed by atoms with Gasteiger partial charge in [0.1, 0.15) is 11.4 Å². The molecule has 9 nitrogen and oxygen atoms in total. The van der Waals surface area contributed by atoms with E-state index in [0.29, 0.717) is 23.1 Å². The molecule has 2 N–H and O–H groups in total. The fraction of sp³-hybridized carbons (Fsp3) is 0.115. The molecule has 0 aliphatic carbocycles. The fourth-order valence-electron chi connectivity index (χ4n) is 3.77. The van der Waals surface area contributed by atoms with Crippen LogP contribution in [-0.2, 0) is 10.1 Å². The van der Waals surface area contributed by atoms with Crippen molar-refractivity contribution in [3.8, 4) is 11.5 Å². The Morgan fingerprint density at radius 2 is 1.69 bits per heavy atom. The zero-order chi connectivity index (χ0) is 27.6. The number of carbonyl (C=O) groups is 1. The number of carbonyl (C=O) groups excluding carboxylic acids is 1. The van der Waals surface area contributed by atoms with Gasteiger partial charge in [-0.1, -0.05) is 53.2 Å². The van der Waals surface area contributed by atoms with Crippen molar-refractivity contribution in [3.05, 3.63) is 81.8 Å². The second-order valence-corrected chi connectivity index (χ2v) is 10.3. The van der Waals surface area contributed by atoms with Gasteiger partial charge in [0.15, 0.2) is 0 Å². The predicted octanol–water partition coefficient (Wildman–Crippen LogP) is 3.85. The monoisotopic (exact) mass is 595 g/mol. The van der Waals surface area contributed by atoms with E-state index >= 15 is 0 Å². The molecule has 196 valence electrons. The van der Waals surface area contributed by atoms with Crippen molar-refractivity contribution < 1.29 is 57.2 Å². The van der Waals surface area contributed by atoms with Crippen molar-refractivity contribution in [1.82, 2.24) is 0 Å². The van der Waals surface area contributed by atoms with Gasteiger partial charge in [-0.2, -0.15) is 13.5 Å². The van der Waals surface area contributed by atoms with E-state index in [1.165, 1.54) is 19.1 Å². The molecule has 0 saturated carbocycles. The fourth-order valence-corrected chi connectivity index (χ4v) is 4.91. The van der Waals surface area contributed by atoms with Crippen LogP contribution in [0.5, 0.6) is 11.5 Å². The summed E-state index contributed by atoms with van der Waals surface area (Å²) in [6, 6.07) is 15.3. The summed E-state index contributed by atoms with van der Waals surface area (Å²) in [4.78, 5) is 12.8. The molecule has 0 radical (unpaired) electrons. The molecule has 4 aromatic carbocycles. The second-order valence-electron chi connectivity index (χ2n) is 8.05. The van der Waals surface area contributed by atoms with Crippen LogP contribution < -0.4 is 44.7 Å². The number of hydrogen-bond acceptors (Lipinski definition) is 7. The average Bonchev–Trinajstić information content (AvgIpc) is 2.86. The van der Waals surface area contributed by atoms with Crippen LogP contribution in [0.15, 0.2) is 75.8 Å². The van der Waals surface area contributed by atoms with Gasteiger partial charge in [-0.3, -0.25) is 9.35 Å². The summed E-state index contributed by atoms with van der Waals surface area (Å²) in [7, 11) is -4.55. The summed E-state index contributed by atoms with van der Waals surface area (Å²) in [5.74, 6) is -0.959. The van der Waals surface area contributed by atoms with Crippen LogP contribution in [0.4, 0.5) is 17.1 Å². The van der Waals surface area contributed by atoms with Crippen LogP contribution in [0.2, 0.25) is 10.0 Å².